The third-order valence-corrected chi connectivity index (χ3v) is 11.9. The van der Waals surface area contributed by atoms with Crippen LogP contribution in [0.3, 0.4) is 0 Å². The van der Waals surface area contributed by atoms with E-state index in [9.17, 15) is 40.7 Å². The molecule has 286 valence electrons. The van der Waals surface area contributed by atoms with E-state index in [1.807, 2.05) is 10.8 Å². The van der Waals surface area contributed by atoms with Gasteiger partial charge in [-0.05, 0) is 87.3 Å². The molecule has 52 heavy (non-hydrogen) atoms. The molecular formula is C35H45F6N7O3S. The summed E-state index contributed by atoms with van der Waals surface area (Å²) < 4.78 is 83.4. The highest BCUT2D eigenvalue weighted by Crippen LogP contribution is 2.42. The van der Waals surface area contributed by atoms with Crippen LogP contribution in [0.15, 0.2) is 22.9 Å². The van der Waals surface area contributed by atoms with E-state index in [-0.39, 0.29) is 24.1 Å². The quantitative estimate of drug-likeness (QED) is 0.296. The Hall–Kier alpha value is -3.57. The first-order valence-corrected chi connectivity index (χ1v) is 18.7. The first-order valence-electron chi connectivity index (χ1n) is 17.8. The molecule has 4 aliphatic rings. The molecule has 1 atom stereocenters. The monoisotopic (exact) mass is 757 g/mol. The number of nitrogens with zero attached hydrogens (tertiary/aromatic N) is 5. The maximum Gasteiger partial charge on any atom is 0.418 e. The van der Waals surface area contributed by atoms with Crippen molar-refractivity contribution >= 4 is 40.6 Å². The summed E-state index contributed by atoms with van der Waals surface area (Å²) in [6, 6.07) is 1.17. The number of benzene rings is 1. The zero-order valence-corrected chi connectivity index (χ0v) is 29.9. The lowest BCUT2D eigenvalue weighted by molar-refractivity contribution is -0.143. The molecule has 0 radical (unpaired) electrons. The number of carbonyl (C=O) groups excluding carboxylic acids is 3. The molecule has 0 unspecified atom stereocenters. The summed E-state index contributed by atoms with van der Waals surface area (Å²) >= 11 is 1.52. The molecule has 10 nitrogen and oxygen atoms in total. The van der Waals surface area contributed by atoms with Crippen LogP contribution in [0.25, 0.3) is 0 Å². The molecule has 0 aliphatic carbocycles. The number of nitrogens with one attached hydrogen (secondary N) is 1. The number of thiophene rings is 1. The van der Waals surface area contributed by atoms with Gasteiger partial charge in [0.1, 0.15) is 0 Å². The molecule has 4 aliphatic heterocycles. The highest BCUT2D eigenvalue weighted by molar-refractivity contribution is 7.08. The Kier molecular flexibility index (Phi) is 11.3. The minimum atomic E-state index is -5.17. The van der Waals surface area contributed by atoms with Crippen LogP contribution >= 0.6 is 11.3 Å². The highest BCUT2D eigenvalue weighted by Gasteiger charge is 2.42. The molecule has 5 heterocycles. The fourth-order valence-corrected chi connectivity index (χ4v) is 8.85. The number of piperidine rings is 2. The van der Waals surface area contributed by atoms with Gasteiger partial charge in [-0.25, -0.2) is 4.79 Å². The summed E-state index contributed by atoms with van der Waals surface area (Å²) in [7, 11) is 2.07. The van der Waals surface area contributed by atoms with Gasteiger partial charge in [0.15, 0.2) is 0 Å². The van der Waals surface area contributed by atoms with Crippen LogP contribution in [-0.2, 0) is 34.8 Å². The number of anilines is 2. The zero-order chi connectivity index (χ0) is 37.4. The first-order chi connectivity index (χ1) is 24.6. The normalized spacial score (nSPS) is 21.1. The van der Waals surface area contributed by atoms with Crippen molar-refractivity contribution in [2.75, 3.05) is 77.0 Å². The zero-order valence-electron chi connectivity index (χ0n) is 29.1. The molecule has 2 aromatic rings. The Labute approximate surface area is 302 Å². The van der Waals surface area contributed by atoms with Crippen LogP contribution < -0.4 is 11.1 Å². The van der Waals surface area contributed by atoms with Gasteiger partial charge in [-0.1, -0.05) is 0 Å². The summed E-state index contributed by atoms with van der Waals surface area (Å²) in [5.74, 6) is -2.08. The first kappa shape index (κ1) is 38.2. The number of urea groups is 1. The Morgan fingerprint density at radius 2 is 1.44 bits per heavy atom. The van der Waals surface area contributed by atoms with Gasteiger partial charge in [0.2, 0.25) is 11.8 Å². The summed E-state index contributed by atoms with van der Waals surface area (Å²) in [4.78, 5) is 50.4. The fraction of sp³-hybridized carbons (Fsp3) is 0.629. The van der Waals surface area contributed by atoms with Gasteiger partial charge < -0.3 is 30.7 Å². The van der Waals surface area contributed by atoms with Gasteiger partial charge >= 0.3 is 18.4 Å². The molecule has 3 N–H and O–H groups in total. The van der Waals surface area contributed by atoms with Crippen molar-refractivity contribution in [3.8, 4) is 0 Å². The standard InChI is InChI=1S/C35H45F6N7O3S/c1-44-7-3-25(4-8-44)45-12-14-47(15-13-45)32(50)24(16-22-17-27(34(36,37)38)31(42)28(18-22)35(39,40)41)19-30(49)46-9-5-26(6-10-46)48-11-2-23-20-52-21-29(23)43-33(48)51/h17-18,20-21,24-26H,2-16,19,42H2,1H3,(H,43,51)/t24-/m0/s1. The van der Waals surface area contributed by atoms with Crippen molar-refractivity contribution in [3.63, 3.8) is 0 Å². The van der Waals surface area contributed by atoms with Crippen molar-refractivity contribution in [2.45, 2.75) is 69.4 Å². The molecule has 6 rings (SSSR count). The minimum Gasteiger partial charge on any atom is -0.398 e. The van der Waals surface area contributed by atoms with Gasteiger partial charge in [0.25, 0.3) is 0 Å². The molecule has 3 fully saturated rings. The third-order valence-electron chi connectivity index (χ3n) is 11.1. The molecule has 1 aromatic carbocycles. The molecule has 17 heteroatoms. The number of alkyl halides is 6. The number of halogens is 6. The molecular weight excluding hydrogens is 712 g/mol. The lowest BCUT2D eigenvalue weighted by Crippen LogP contribution is -2.55. The van der Waals surface area contributed by atoms with Crippen LogP contribution in [0.4, 0.5) is 42.5 Å². The van der Waals surface area contributed by atoms with Gasteiger partial charge in [0, 0.05) is 69.7 Å². The van der Waals surface area contributed by atoms with E-state index in [0.29, 0.717) is 83.3 Å². The second kappa shape index (κ2) is 15.4. The molecule has 1 aromatic heterocycles. The van der Waals surface area contributed by atoms with Crippen molar-refractivity contribution in [2.24, 2.45) is 5.92 Å². The van der Waals surface area contributed by atoms with Crippen molar-refractivity contribution in [1.29, 1.82) is 0 Å². The minimum absolute atomic E-state index is 0.119. The van der Waals surface area contributed by atoms with Crippen LogP contribution in [0.1, 0.15) is 54.4 Å². The van der Waals surface area contributed by atoms with E-state index in [4.69, 9.17) is 5.73 Å². The Morgan fingerprint density at radius 1 is 0.846 bits per heavy atom. The number of nitrogens with two attached hydrogens (primary N) is 1. The van der Waals surface area contributed by atoms with Crippen LogP contribution in [0.2, 0.25) is 0 Å². The second-order valence-electron chi connectivity index (χ2n) is 14.4. The topological polar surface area (TPSA) is 105 Å². The second-order valence-corrected chi connectivity index (χ2v) is 15.1. The van der Waals surface area contributed by atoms with E-state index in [1.54, 1.807) is 14.7 Å². The highest BCUT2D eigenvalue weighted by atomic mass is 32.1. The largest absolute Gasteiger partial charge is 0.418 e. The van der Waals surface area contributed by atoms with Crippen LogP contribution in [0.5, 0.6) is 0 Å². The summed E-state index contributed by atoms with van der Waals surface area (Å²) in [5, 5.41) is 6.85. The van der Waals surface area contributed by atoms with Crippen molar-refractivity contribution in [1.82, 2.24) is 24.5 Å². The Bertz CT molecular complexity index is 1580. The third kappa shape index (κ3) is 8.62. The average molecular weight is 758 g/mol. The number of carbonyl (C=O) groups is 3. The van der Waals surface area contributed by atoms with E-state index in [2.05, 4.69) is 22.2 Å². The molecule has 0 bridgehead atoms. The number of amides is 4. The Morgan fingerprint density at radius 3 is 2.04 bits per heavy atom. The van der Waals surface area contributed by atoms with Crippen molar-refractivity contribution < 1.29 is 40.7 Å². The predicted octanol–water partition coefficient (Wildman–Crippen LogP) is 5.24. The van der Waals surface area contributed by atoms with E-state index >= 15 is 0 Å². The van der Waals surface area contributed by atoms with E-state index < -0.39 is 53.3 Å². The number of piperazine rings is 1. The number of nitrogen functional groups attached to an aromatic ring is 1. The maximum atomic E-state index is 14.1. The molecule has 0 spiro atoms. The Balaban J connectivity index is 1.16. The lowest BCUT2D eigenvalue weighted by Gasteiger charge is -2.43. The molecule has 3 saturated heterocycles. The number of fused-ring (bicyclic) bond motifs is 1. The van der Waals surface area contributed by atoms with Crippen LogP contribution in [0, 0.1) is 5.92 Å². The molecule has 0 saturated carbocycles. The average Bonchev–Trinajstić information content (AvgIpc) is 3.47. The summed E-state index contributed by atoms with van der Waals surface area (Å²) in [5.41, 5.74) is 2.19. The summed E-state index contributed by atoms with van der Waals surface area (Å²) in [6.45, 7) is 4.91. The predicted molar refractivity (Wildman–Crippen MR) is 185 cm³/mol. The van der Waals surface area contributed by atoms with Gasteiger partial charge in [-0.3, -0.25) is 14.5 Å². The fourth-order valence-electron chi connectivity index (χ4n) is 8.03. The molecule has 4 amide bonds. The number of likely N-dealkylation sites (tertiary alicyclic amines) is 2. The van der Waals surface area contributed by atoms with Gasteiger partial charge in [0.05, 0.1) is 28.4 Å². The SMILES string of the molecule is CN1CCC(N2CCN(C(=O)[C@H](CC(=O)N3CCC(N4CCc5cscc5NC4=O)CC3)Cc3cc(C(F)(F)F)c(N)c(C(F)(F)F)c3)CC2)CC1. The number of rotatable bonds is 7. The lowest BCUT2D eigenvalue weighted by atomic mass is 9.90. The van der Waals surface area contributed by atoms with Gasteiger partial charge in [-0.2, -0.15) is 26.3 Å². The number of hydrogen-bond acceptors (Lipinski definition) is 7. The van der Waals surface area contributed by atoms with E-state index in [0.717, 1.165) is 37.2 Å². The van der Waals surface area contributed by atoms with Crippen LogP contribution in [-0.4, -0.2) is 120 Å². The van der Waals surface area contributed by atoms with Gasteiger partial charge in [-0.15, -0.1) is 11.3 Å². The number of hydrogen-bond donors (Lipinski definition) is 2. The maximum absolute atomic E-state index is 14.1. The summed E-state index contributed by atoms with van der Waals surface area (Å²) in [6.07, 6.45) is -7.54. The van der Waals surface area contributed by atoms with Crippen molar-refractivity contribution in [3.05, 3.63) is 45.1 Å². The van der Waals surface area contributed by atoms with E-state index in [1.165, 1.54) is 11.3 Å². The smallest absolute Gasteiger partial charge is 0.398 e.